The van der Waals surface area contributed by atoms with Crippen molar-refractivity contribution in [3.05, 3.63) is 11.8 Å². The number of aromatic nitrogens is 1. The van der Waals surface area contributed by atoms with Crippen molar-refractivity contribution in [2.75, 3.05) is 18.4 Å². The highest BCUT2D eigenvalue weighted by Crippen LogP contribution is 2.30. The van der Waals surface area contributed by atoms with Crippen molar-refractivity contribution in [1.82, 2.24) is 10.1 Å². The summed E-state index contributed by atoms with van der Waals surface area (Å²) in [7, 11) is 0. The summed E-state index contributed by atoms with van der Waals surface area (Å²) < 4.78 is 4.91. The first-order chi connectivity index (χ1) is 10.2. The van der Waals surface area contributed by atoms with Gasteiger partial charge in [-0.2, -0.15) is 0 Å². The minimum atomic E-state index is -0.240. The van der Waals surface area contributed by atoms with E-state index in [0.29, 0.717) is 30.5 Å². The molecule has 0 atom stereocenters. The molecule has 0 unspecified atom stereocenters. The predicted octanol–water partition coefficient (Wildman–Crippen LogP) is 2.60. The number of aryl methyl sites for hydroxylation is 1. The zero-order chi connectivity index (χ0) is 16.3. The average molecular weight is 307 g/mol. The van der Waals surface area contributed by atoms with Crippen LogP contribution < -0.4 is 5.32 Å². The van der Waals surface area contributed by atoms with E-state index in [1.807, 2.05) is 20.8 Å². The van der Waals surface area contributed by atoms with Crippen LogP contribution in [-0.4, -0.2) is 35.0 Å². The van der Waals surface area contributed by atoms with Crippen LogP contribution in [0.4, 0.5) is 5.82 Å². The van der Waals surface area contributed by atoms with Crippen LogP contribution in [0.5, 0.6) is 0 Å². The highest BCUT2D eigenvalue weighted by molar-refractivity contribution is 5.93. The molecule has 1 aliphatic rings. The minimum Gasteiger partial charge on any atom is -0.360 e. The molecule has 6 nitrogen and oxygen atoms in total. The Kier molecular flexibility index (Phi) is 4.88. The molecule has 1 aromatic rings. The SMILES string of the molecule is Cc1cc(NC(=O)CN(CC2CC2)C(=O)CC(C)(C)C)no1. The van der Waals surface area contributed by atoms with Gasteiger partial charge < -0.3 is 14.7 Å². The van der Waals surface area contributed by atoms with E-state index in [2.05, 4.69) is 10.5 Å². The Morgan fingerprint density at radius 2 is 2.09 bits per heavy atom. The lowest BCUT2D eigenvalue weighted by Gasteiger charge is -2.26. The van der Waals surface area contributed by atoms with Crippen molar-refractivity contribution in [2.24, 2.45) is 11.3 Å². The van der Waals surface area contributed by atoms with Crippen LogP contribution in [0.1, 0.15) is 45.8 Å². The first kappa shape index (κ1) is 16.5. The maximum atomic E-state index is 12.4. The van der Waals surface area contributed by atoms with Gasteiger partial charge >= 0.3 is 0 Å². The molecule has 0 spiro atoms. The highest BCUT2D eigenvalue weighted by atomic mass is 16.5. The van der Waals surface area contributed by atoms with Crippen molar-refractivity contribution >= 4 is 17.6 Å². The normalized spacial score (nSPS) is 14.7. The Balaban J connectivity index is 1.93. The molecule has 1 saturated carbocycles. The van der Waals surface area contributed by atoms with E-state index in [1.165, 1.54) is 0 Å². The Hall–Kier alpha value is -1.85. The molecule has 1 aromatic heterocycles. The number of carbonyl (C=O) groups is 2. The lowest BCUT2D eigenvalue weighted by Crippen LogP contribution is -2.40. The molecule has 1 fully saturated rings. The van der Waals surface area contributed by atoms with Crippen molar-refractivity contribution in [3.8, 4) is 0 Å². The Morgan fingerprint density at radius 3 is 2.59 bits per heavy atom. The van der Waals surface area contributed by atoms with E-state index in [-0.39, 0.29) is 23.8 Å². The van der Waals surface area contributed by atoms with Crippen molar-refractivity contribution in [3.63, 3.8) is 0 Å². The molecule has 0 saturated heterocycles. The summed E-state index contributed by atoms with van der Waals surface area (Å²) in [5.41, 5.74) is -0.0847. The molecule has 0 aliphatic heterocycles. The molecule has 0 aromatic carbocycles. The molecular weight excluding hydrogens is 282 g/mol. The second-order valence-corrected chi connectivity index (χ2v) is 7.33. The second-order valence-electron chi connectivity index (χ2n) is 7.33. The zero-order valence-corrected chi connectivity index (χ0v) is 13.8. The van der Waals surface area contributed by atoms with Gasteiger partial charge in [0.25, 0.3) is 0 Å². The van der Waals surface area contributed by atoms with Crippen molar-refractivity contribution in [1.29, 1.82) is 0 Å². The first-order valence-corrected chi connectivity index (χ1v) is 7.74. The number of rotatable bonds is 6. The fourth-order valence-corrected chi connectivity index (χ4v) is 2.21. The smallest absolute Gasteiger partial charge is 0.245 e. The molecule has 122 valence electrons. The van der Waals surface area contributed by atoms with Crippen molar-refractivity contribution in [2.45, 2.75) is 47.0 Å². The highest BCUT2D eigenvalue weighted by Gasteiger charge is 2.29. The van der Waals surface area contributed by atoms with Gasteiger partial charge in [-0.25, -0.2) is 0 Å². The number of amides is 2. The second kappa shape index (κ2) is 6.50. The van der Waals surface area contributed by atoms with Gasteiger partial charge in [0.05, 0.1) is 6.54 Å². The van der Waals surface area contributed by atoms with Crippen LogP contribution >= 0.6 is 0 Å². The predicted molar refractivity (Wildman–Crippen MR) is 83.2 cm³/mol. The third-order valence-corrected chi connectivity index (χ3v) is 3.44. The molecule has 1 heterocycles. The number of nitrogens with one attached hydrogen (secondary N) is 1. The van der Waals surface area contributed by atoms with E-state index < -0.39 is 0 Å². The quantitative estimate of drug-likeness (QED) is 0.876. The van der Waals surface area contributed by atoms with Gasteiger partial charge in [0, 0.05) is 19.0 Å². The summed E-state index contributed by atoms with van der Waals surface area (Å²) in [5, 5.41) is 6.40. The molecular formula is C16H25N3O3. The molecule has 0 radical (unpaired) electrons. The van der Waals surface area contributed by atoms with Crippen LogP contribution in [0.25, 0.3) is 0 Å². The largest absolute Gasteiger partial charge is 0.360 e. The lowest BCUT2D eigenvalue weighted by molar-refractivity contribution is -0.136. The number of hydrogen-bond acceptors (Lipinski definition) is 4. The standard InChI is InChI=1S/C16H25N3O3/c1-11-7-13(18-22-11)17-14(20)10-19(9-12-5-6-12)15(21)8-16(2,3)4/h7,12H,5-6,8-10H2,1-4H3,(H,17,18,20). The number of carbonyl (C=O) groups excluding carboxylic acids is 2. The molecule has 2 amide bonds. The number of anilines is 1. The van der Waals surface area contributed by atoms with E-state index in [9.17, 15) is 9.59 Å². The van der Waals surface area contributed by atoms with Gasteiger partial charge in [0.15, 0.2) is 5.82 Å². The number of nitrogens with zero attached hydrogens (tertiary/aromatic N) is 2. The minimum absolute atomic E-state index is 0.0332. The topological polar surface area (TPSA) is 75.4 Å². The summed E-state index contributed by atoms with van der Waals surface area (Å²) in [6.07, 6.45) is 2.73. The average Bonchev–Trinajstić information content (AvgIpc) is 3.09. The third kappa shape index (κ3) is 5.50. The van der Waals surface area contributed by atoms with E-state index in [1.54, 1.807) is 17.9 Å². The molecule has 1 aliphatic carbocycles. The van der Waals surface area contributed by atoms with E-state index >= 15 is 0 Å². The molecule has 1 N–H and O–H groups in total. The zero-order valence-electron chi connectivity index (χ0n) is 13.8. The van der Waals surface area contributed by atoms with Crippen molar-refractivity contribution < 1.29 is 14.1 Å². The Bertz CT molecular complexity index is 541. The van der Waals surface area contributed by atoms with Gasteiger partial charge in [-0.05, 0) is 31.1 Å². The monoisotopic (exact) mass is 307 g/mol. The summed E-state index contributed by atoms with van der Waals surface area (Å²) in [4.78, 5) is 26.2. The van der Waals surface area contributed by atoms with E-state index in [4.69, 9.17) is 4.52 Å². The van der Waals surface area contributed by atoms with Gasteiger partial charge in [-0.15, -0.1) is 0 Å². The lowest BCUT2D eigenvalue weighted by atomic mass is 9.91. The molecule has 22 heavy (non-hydrogen) atoms. The first-order valence-electron chi connectivity index (χ1n) is 7.74. The summed E-state index contributed by atoms with van der Waals surface area (Å²) >= 11 is 0. The molecule has 0 bridgehead atoms. The molecule has 6 heteroatoms. The summed E-state index contributed by atoms with van der Waals surface area (Å²) in [6.45, 7) is 8.57. The van der Waals surface area contributed by atoms with Gasteiger partial charge in [-0.1, -0.05) is 25.9 Å². The van der Waals surface area contributed by atoms with Gasteiger partial charge in [-0.3, -0.25) is 9.59 Å². The number of hydrogen-bond donors (Lipinski definition) is 1. The molecule has 2 rings (SSSR count). The van der Waals surface area contributed by atoms with E-state index in [0.717, 1.165) is 12.8 Å². The Morgan fingerprint density at radius 1 is 1.41 bits per heavy atom. The van der Waals surface area contributed by atoms with Gasteiger partial charge in [0.2, 0.25) is 11.8 Å². The fraction of sp³-hybridized carbons (Fsp3) is 0.688. The third-order valence-electron chi connectivity index (χ3n) is 3.44. The maximum Gasteiger partial charge on any atom is 0.245 e. The van der Waals surface area contributed by atoms with Crippen LogP contribution in [-0.2, 0) is 9.59 Å². The van der Waals surface area contributed by atoms with Crippen LogP contribution in [0.3, 0.4) is 0 Å². The maximum absolute atomic E-state index is 12.4. The van der Waals surface area contributed by atoms with Crippen LogP contribution in [0.15, 0.2) is 10.6 Å². The van der Waals surface area contributed by atoms with Crippen LogP contribution in [0.2, 0.25) is 0 Å². The Labute approximate surface area is 131 Å². The summed E-state index contributed by atoms with van der Waals surface area (Å²) in [6, 6.07) is 1.65. The van der Waals surface area contributed by atoms with Crippen LogP contribution in [0, 0.1) is 18.3 Å². The summed E-state index contributed by atoms with van der Waals surface area (Å²) in [5.74, 6) is 1.36. The van der Waals surface area contributed by atoms with Gasteiger partial charge in [0.1, 0.15) is 5.76 Å². The fourth-order valence-electron chi connectivity index (χ4n) is 2.21.